The van der Waals surface area contributed by atoms with Crippen LogP contribution in [0.5, 0.6) is 0 Å². The van der Waals surface area contributed by atoms with E-state index in [9.17, 15) is 24.3 Å². The van der Waals surface area contributed by atoms with Gasteiger partial charge in [-0.1, -0.05) is 143 Å². The number of nitrogens with one attached hydrogen (secondary N) is 2. The Balaban J connectivity index is 1.40. The number of amides is 3. The SMILES string of the molecule is O=C(N[C@@H](CSSC[C@H](NC(=O)OCc1ccccc1)C(=O)N(Cc1ccccc1)Cc1ccccc1)C(=O)O)OCc1ccccc1. The summed E-state index contributed by atoms with van der Waals surface area (Å²) >= 11 is 0. The summed E-state index contributed by atoms with van der Waals surface area (Å²) < 4.78 is 10.6. The van der Waals surface area contributed by atoms with Gasteiger partial charge in [-0.3, -0.25) is 4.79 Å². The molecule has 0 saturated carbocycles. The van der Waals surface area contributed by atoms with E-state index in [1.54, 1.807) is 17.0 Å². The lowest BCUT2D eigenvalue weighted by molar-refractivity contribution is -0.138. The van der Waals surface area contributed by atoms with E-state index < -0.39 is 30.2 Å². The Morgan fingerprint density at radius 3 is 1.31 bits per heavy atom. The third kappa shape index (κ3) is 12.7. The molecule has 4 rings (SSSR count). The van der Waals surface area contributed by atoms with Crippen LogP contribution in [0, 0.1) is 0 Å². The Labute approximate surface area is 287 Å². The van der Waals surface area contributed by atoms with Gasteiger partial charge in [0.2, 0.25) is 5.91 Å². The van der Waals surface area contributed by atoms with Gasteiger partial charge >= 0.3 is 18.2 Å². The predicted octanol–water partition coefficient (Wildman–Crippen LogP) is 6.27. The maximum absolute atomic E-state index is 14.1. The Morgan fingerprint density at radius 2 is 0.917 bits per heavy atom. The minimum atomic E-state index is -1.24. The summed E-state index contributed by atoms with van der Waals surface area (Å²) in [6, 6.07) is 35.1. The summed E-state index contributed by atoms with van der Waals surface area (Å²) in [5, 5.41) is 14.8. The number of rotatable bonds is 17. The molecule has 0 unspecified atom stereocenters. The fourth-order valence-corrected chi connectivity index (χ4v) is 6.75. The molecule has 0 aliphatic rings. The van der Waals surface area contributed by atoms with Gasteiger partial charge in [-0.25, -0.2) is 14.4 Å². The molecule has 4 aromatic rings. The zero-order valence-corrected chi connectivity index (χ0v) is 27.7. The first-order valence-electron chi connectivity index (χ1n) is 15.2. The number of carboxylic acids is 1. The van der Waals surface area contributed by atoms with Crippen molar-refractivity contribution in [3.05, 3.63) is 144 Å². The Kier molecular flexibility index (Phi) is 14.7. The molecule has 2 atom stereocenters. The topological polar surface area (TPSA) is 134 Å². The molecule has 0 fully saturated rings. The molecule has 0 spiro atoms. The average molecular weight is 688 g/mol. The maximum Gasteiger partial charge on any atom is 0.408 e. The van der Waals surface area contributed by atoms with Crippen LogP contribution in [-0.4, -0.2) is 57.7 Å². The van der Waals surface area contributed by atoms with Gasteiger partial charge in [0.05, 0.1) is 0 Å². The molecule has 0 aliphatic heterocycles. The number of ether oxygens (including phenoxy) is 2. The molecular weight excluding hydrogens is 651 g/mol. The highest BCUT2D eigenvalue weighted by molar-refractivity contribution is 8.76. The van der Waals surface area contributed by atoms with Crippen LogP contribution in [0.25, 0.3) is 0 Å². The summed E-state index contributed by atoms with van der Waals surface area (Å²) in [7, 11) is 2.35. The molecule has 48 heavy (non-hydrogen) atoms. The molecule has 4 aromatic carbocycles. The van der Waals surface area contributed by atoms with E-state index in [2.05, 4.69) is 10.6 Å². The Bertz CT molecular complexity index is 1540. The summed E-state index contributed by atoms with van der Waals surface area (Å²) in [4.78, 5) is 52.9. The number of carboxylic acid groups (broad SMARTS) is 1. The van der Waals surface area contributed by atoms with E-state index in [1.807, 2.05) is 109 Å². The van der Waals surface area contributed by atoms with Gasteiger partial charge in [-0.15, -0.1) is 0 Å². The maximum atomic E-state index is 14.1. The number of carbonyl (C=O) groups excluding carboxylic acids is 3. The van der Waals surface area contributed by atoms with Crippen molar-refractivity contribution < 1.29 is 33.8 Å². The zero-order chi connectivity index (χ0) is 34.0. The van der Waals surface area contributed by atoms with E-state index in [0.717, 1.165) is 33.0 Å². The summed E-state index contributed by atoms with van der Waals surface area (Å²) in [5.74, 6) is -1.47. The highest BCUT2D eigenvalue weighted by Gasteiger charge is 2.28. The van der Waals surface area contributed by atoms with E-state index in [0.29, 0.717) is 13.1 Å². The fourth-order valence-electron chi connectivity index (χ4n) is 4.44. The zero-order valence-electron chi connectivity index (χ0n) is 26.1. The average Bonchev–Trinajstić information content (AvgIpc) is 3.11. The van der Waals surface area contributed by atoms with Gasteiger partial charge in [-0.05, 0) is 22.3 Å². The van der Waals surface area contributed by atoms with Crippen LogP contribution in [0.1, 0.15) is 22.3 Å². The molecule has 250 valence electrons. The first-order valence-corrected chi connectivity index (χ1v) is 17.6. The summed E-state index contributed by atoms with van der Waals surface area (Å²) in [6.45, 7) is 0.637. The van der Waals surface area contributed by atoms with Crippen LogP contribution in [0.2, 0.25) is 0 Å². The first-order chi connectivity index (χ1) is 23.4. The highest BCUT2D eigenvalue weighted by atomic mass is 33.1. The van der Waals surface area contributed by atoms with Crippen LogP contribution < -0.4 is 10.6 Å². The van der Waals surface area contributed by atoms with E-state index >= 15 is 0 Å². The largest absolute Gasteiger partial charge is 0.480 e. The van der Waals surface area contributed by atoms with Gasteiger partial charge in [0.1, 0.15) is 25.3 Å². The van der Waals surface area contributed by atoms with Crippen LogP contribution in [0.15, 0.2) is 121 Å². The van der Waals surface area contributed by atoms with Crippen LogP contribution in [0.4, 0.5) is 9.59 Å². The smallest absolute Gasteiger partial charge is 0.408 e. The lowest BCUT2D eigenvalue weighted by atomic mass is 10.1. The number of alkyl carbamates (subject to hydrolysis) is 2. The molecule has 10 nitrogen and oxygen atoms in total. The van der Waals surface area contributed by atoms with Gasteiger partial charge in [0.25, 0.3) is 0 Å². The monoisotopic (exact) mass is 687 g/mol. The molecular formula is C36H37N3O7S2. The second-order valence-corrected chi connectivity index (χ2v) is 13.1. The van der Waals surface area contributed by atoms with Gasteiger partial charge in [0.15, 0.2) is 0 Å². The van der Waals surface area contributed by atoms with Gasteiger partial charge in [-0.2, -0.15) is 0 Å². The number of aliphatic carboxylic acids is 1. The van der Waals surface area contributed by atoms with Gasteiger partial charge < -0.3 is 30.1 Å². The number of nitrogens with zero attached hydrogens (tertiary/aromatic N) is 1. The summed E-state index contributed by atoms with van der Waals surface area (Å²) in [6.07, 6.45) is -1.61. The normalized spacial score (nSPS) is 11.8. The second-order valence-electron chi connectivity index (χ2n) is 10.6. The first kappa shape index (κ1) is 35.9. The van der Waals surface area contributed by atoms with Crippen molar-refractivity contribution in [3.8, 4) is 0 Å². The second kappa shape index (κ2) is 19.7. The lowest BCUT2D eigenvalue weighted by Gasteiger charge is -2.28. The van der Waals surface area contributed by atoms with Crippen molar-refractivity contribution in [1.29, 1.82) is 0 Å². The van der Waals surface area contributed by atoms with Crippen molar-refractivity contribution in [3.63, 3.8) is 0 Å². The third-order valence-corrected chi connectivity index (χ3v) is 9.32. The highest BCUT2D eigenvalue weighted by Crippen LogP contribution is 2.24. The van der Waals surface area contributed by atoms with Crippen molar-refractivity contribution in [1.82, 2.24) is 15.5 Å². The van der Waals surface area contributed by atoms with Crippen LogP contribution >= 0.6 is 21.6 Å². The lowest BCUT2D eigenvalue weighted by Crippen LogP contribution is -2.49. The number of carbonyl (C=O) groups is 4. The summed E-state index contributed by atoms with van der Waals surface area (Å²) in [5.41, 5.74) is 3.40. The van der Waals surface area contributed by atoms with Crippen LogP contribution in [0.3, 0.4) is 0 Å². The number of hydrogen-bond donors (Lipinski definition) is 3. The van der Waals surface area contributed by atoms with Crippen molar-refractivity contribution >= 4 is 45.7 Å². The van der Waals surface area contributed by atoms with E-state index in [1.165, 1.54) is 10.8 Å². The molecule has 0 radical (unpaired) electrons. The molecule has 0 aromatic heterocycles. The third-order valence-electron chi connectivity index (χ3n) is 6.90. The number of hydrogen-bond acceptors (Lipinski definition) is 8. The minimum Gasteiger partial charge on any atom is -0.480 e. The fraction of sp³-hybridized carbons (Fsp3) is 0.222. The van der Waals surface area contributed by atoms with Crippen LogP contribution in [-0.2, 0) is 45.4 Å². The van der Waals surface area contributed by atoms with E-state index in [4.69, 9.17) is 9.47 Å². The van der Waals surface area contributed by atoms with Crippen molar-refractivity contribution in [2.24, 2.45) is 0 Å². The Hall–Kier alpha value is -4.94. The molecule has 3 amide bonds. The predicted molar refractivity (Wildman–Crippen MR) is 187 cm³/mol. The van der Waals surface area contributed by atoms with Gasteiger partial charge in [0, 0.05) is 24.6 Å². The molecule has 0 bridgehead atoms. The molecule has 3 N–H and O–H groups in total. The van der Waals surface area contributed by atoms with Crippen molar-refractivity contribution in [2.45, 2.75) is 38.4 Å². The van der Waals surface area contributed by atoms with Crippen molar-refractivity contribution in [2.75, 3.05) is 11.5 Å². The molecule has 0 heterocycles. The minimum absolute atomic E-state index is 0.000793. The Morgan fingerprint density at radius 1 is 0.562 bits per heavy atom. The molecule has 0 aliphatic carbocycles. The number of benzene rings is 4. The molecule has 0 saturated heterocycles. The standard InChI is InChI=1S/C36H37N3O7S2/c40-33(39(21-27-13-5-1-6-14-27)22-28-15-7-2-8-16-28)31(37-35(43)45-23-29-17-9-3-10-18-29)25-47-48-26-32(34(41)42)38-36(44)46-24-30-19-11-4-12-20-30/h1-20,31-32H,21-26H2,(H,37,43)(H,38,44)(H,41,42)/t31-,32-/m0/s1. The quantitative estimate of drug-likeness (QED) is 0.0867. The van der Waals surface area contributed by atoms with E-state index in [-0.39, 0.29) is 30.6 Å². The molecule has 12 heteroatoms.